The van der Waals surface area contributed by atoms with Crippen molar-refractivity contribution in [3.63, 3.8) is 0 Å². The highest BCUT2D eigenvalue weighted by atomic mass is 19.1. The summed E-state index contributed by atoms with van der Waals surface area (Å²) >= 11 is 0. The lowest BCUT2D eigenvalue weighted by molar-refractivity contribution is -0.0146. The van der Waals surface area contributed by atoms with Crippen molar-refractivity contribution < 1.29 is 9.50 Å². The lowest BCUT2D eigenvalue weighted by atomic mass is 9.74. The summed E-state index contributed by atoms with van der Waals surface area (Å²) in [7, 11) is 0. The molecule has 2 heteroatoms. The highest BCUT2D eigenvalue weighted by Crippen LogP contribution is 2.40. The van der Waals surface area contributed by atoms with Gasteiger partial charge in [-0.25, -0.2) is 4.39 Å². The van der Waals surface area contributed by atoms with Crippen LogP contribution in [0, 0.1) is 11.7 Å². The predicted octanol–water partition coefficient (Wildman–Crippen LogP) is 3.61. The number of aliphatic hydroxyl groups is 1. The molecule has 1 N–H and O–H groups in total. The fourth-order valence-electron chi connectivity index (χ4n) is 2.61. The molecule has 1 aliphatic carbocycles. The normalized spacial score (nSPS) is 30.3. The average molecular weight is 222 g/mol. The van der Waals surface area contributed by atoms with Crippen LogP contribution < -0.4 is 0 Å². The van der Waals surface area contributed by atoms with Gasteiger partial charge in [0, 0.05) is 0 Å². The van der Waals surface area contributed by atoms with Crippen LogP contribution in [0.1, 0.15) is 44.6 Å². The minimum absolute atomic E-state index is 0.241. The van der Waals surface area contributed by atoms with Crippen molar-refractivity contribution in [1.82, 2.24) is 0 Å². The summed E-state index contributed by atoms with van der Waals surface area (Å²) in [5.41, 5.74) is 0.141. The molecule has 0 unspecified atom stereocenters. The van der Waals surface area contributed by atoms with Crippen molar-refractivity contribution >= 4 is 0 Å². The van der Waals surface area contributed by atoms with Crippen LogP contribution in [0.4, 0.5) is 4.39 Å². The molecule has 0 bridgehead atoms. The van der Waals surface area contributed by atoms with Crippen LogP contribution in [-0.2, 0) is 5.60 Å². The smallest absolute Gasteiger partial charge is 0.123 e. The predicted molar refractivity (Wildman–Crippen MR) is 62.5 cm³/mol. The summed E-state index contributed by atoms with van der Waals surface area (Å²) in [4.78, 5) is 0. The van der Waals surface area contributed by atoms with E-state index in [0.29, 0.717) is 0 Å². The number of hydrogen-bond donors (Lipinski definition) is 1. The lowest BCUT2D eigenvalue weighted by Gasteiger charge is -2.36. The number of halogens is 1. The molecule has 1 nitrogen and oxygen atoms in total. The van der Waals surface area contributed by atoms with Gasteiger partial charge in [-0.3, -0.25) is 0 Å². The quantitative estimate of drug-likeness (QED) is 0.810. The molecule has 1 fully saturated rings. The second-order valence-corrected chi connectivity index (χ2v) is 4.89. The summed E-state index contributed by atoms with van der Waals surface area (Å²) < 4.78 is 12.8. The van der Waals surface area contributed by atoms with Crippen molar-refractivity contribution in [3.05, 3.63) is 35.6 Å². The zero-order valence-electron chi connectivity index (χ0n) is 9.75. The van der Waals surface area contributed by atoms with Crippen LogP contribution in [0.5, 0.6) is 0 Å². The van der Waals surface area contributed by atoms with Gasteiger partial charge in [-0.15, -0.1) is 0 Å². The van der Waals surface area contributed by atoms with Crippen LogP contribution in [0.25, 0.3) is 0 Å². The third-order valence-corrected chi connectivity index (χ3v) is 3.89. The monoisotopic (exact) mass is 222 g/mol. The molecule has 1 saturated carbocycles. The second kappa shape index (κ2) is 4.54. The Balaban J connectivity index is 2.11. The first kappa shape index (κ1) is 11.6. The van der Waals surface area contributed by atoms with Gasteiger partial charge < -0.3 is 5.11 Å². The maximum atomic E-state index is 12.8. The second-order valence-electron chi connectivity index (χ2n) is 4.89. The zero-order chi connectivity index (χ0) is 11.6. The fraction of sp³-hybridized carbons (Fsp3) is 0.571. The maximum absolute atomic E-state index is 12.8. The summed E-state index contributed by atoms with van der Waals surface area (Å²) in [6.07, 6.45) is 4.95. The van der Waals surface area contributed by atoms with Gasteiger partial charge in [0.1, 0.15) is 5.82 Å². The van der Waals surface area contributed by atoms with Gasteiger partial charge in [0.05, 0.1) is 5.60 Å². The Morgan fingerprint density at radius 3 is 2.31 bits per heavy atom. The van der Waals surface area contributed by atoms with Gasteiger partial charge >= 0.3 is 0 Å². The summed E-state index contributed by atoms with van der Waals surface area (Å²) in [6, 6.07) is 6.28. The molecule has 2 rings (SSSR count). The molecule has 0 amide bonds. The highest BCUT2D eigenvalue weighted by Gasteiger charge is 2.33. The van der Waals surface area contributed by atoms with E-state index in [-0.39, 0.29) is 5.82 Å². The average Bonchev–Trinajstić information content (AvgIpc) is 2.31. The molecule has 0 aromatic heterocycles. The van der Waals surface area contributed by atoms with E-state index in [0.717, 1.165) is 37.2 Å². The van der Waals surface area contributed by atoms with Crippen LogP contribution in [0.15, 0.2) is 24.3 Å². The molecule has 88 valence electrons. The summed E-state index contributed by atoms with van der Waals surface area (Å²) in [5.74, 6) is 0.510. The summed E-state index contributed by atoms with van der Waals surface area (Å²) in [6.45, 7) is 2.20. The first-order valence-electron chi connectivity index (χ1n) is 6.12. The van der Waals surface area contributed by atoms with Gasteiger partial charge in [-0.2, -0.15) is 0 Å². The molecular weight excluding hydrogens is 203 g/mol. The maximum Gasteiger partial charge on any atom is 0.123 e. The first-order chi connectivity index (χ1) is 7.64. The van der Waals surface area contributed by atoms with E-state index in [1.165, 1.54) is 18.6 Å². The van der Waals surface area contributed by atoms with Crippen molar-refractivity contribution in [2.75, 3.05) is 0 Å². The molecule has 1 aliphatic rings. The first-order valence-corrected chi connectivity index (χ1v) is 6.12. The Morgan fingerprint density at radius 1 is 1.25 bits per heavy atom. The van der Waals surface area contributed by atoms with Crippen LogP contribution in [0.3, 0.4) is 0 Å². The van der Waals surface area contributed by atoms with E-state index >= 15 is 0 Å². The van der Waals surface area contributed by atoms with Crippen molar-refractivity contribution in [2.24, 2.45) is 5.92 Å². The SMILES string of the molecule is CC[C@H]1CC[C@](O)(c2ccc(F)cc2)CC1. The molecule has 0 saturated heterocycles. The van der Waals surface area contributed by atoms with Gasteiger partial charge in [-0.1, -0.05) is 25.5 Å². The molecule has 0 atom stereocenters. The largest absolute Gasteiger partial charge is 0.385 e. The Hall–Kier alpha value is -0.890. The lowest BCUT2D eigenvalue weighted by Crippen LogP contribution is -2.31. The Labute approximate surface area is 96.3 Å². The standard InChI is InChI=1S/C14H19FO/c1-2-11-7-9-14(16,10-8-11)12-3-5-13(15)6-4-12/h3-6,11,16H,2,7-10H2,1H3/t11-,14+. The van der Waals surface area contributed by atoms with E-state index in [1.54, 1.807) is 12.1 Å². The van der Waals surface area contributed by atoms with Gasteiger partial charge in [0.2, 0.25) is 0 Å². The molecule has 0 spiro atoms. The van der Waals surface area contributed by atoms with Crippen molar-refractivity contribution in [3.8, 4) is 0 Å². The molecule has 0 aliphatic heterocycles. The van der Waals surface area contributed by atoms with E-state index in [1.807, 2.05) is 0 Å². The van der Waals surface area contributed by atoms with Gasteiger partial charge in [0.15, 0.2) is 0 Å². The topological polar surface area (TPSA) is 20.2 Å². The molecule has 0 radical (unpaired) electrons. The number of rotatable bonds is 2. The van der Waals surface area contributed by atoms with Crippen LogP contribution >= 0.6 is 0 Å². The summed E-state index contributed by atoms with van der Waals surface area (Å²) in [5, 5.41) is 10.5. The zero-order valence-corrected chi connectivity index (χ0v) is 9.75. The van der Waals surface area contributed by atoms with Gasteiger partial charge in [-0.05, 0) is 49.3 Å². The minimum atomic E-state index is -0.723. The highest BCUT2D eigenvalue weighted by molar-refractivity contribution is 5.23. The number of hydrogen-bond acceptors (Lipinski definition) is 1. The molecule has 1 aromatic carbocycles. The third kappa shape index (κ3) is 2.27. The van der Waals surface area contributed by atoms with E-state index in [9.17, 15) is 9.50 Å². The Kier molecular flexibility index (Phi) is 3.29. The van der Waals surface area contributed by atoms with Crippen molar-refractivity contribution in [1.29, 1.82) is 0 Å². The Bertz CT molecular complexity index is 336. The minimum Gasteiger partial charge on any atom is -0.385 e. The van der Waals surface area contributed by atoms with E-state index < -0.39 is 5.60 Å². The third-order valence-electron chi connectivity index (χ3n) is 3.89. The van der Waals surface area contributed by atoms with Crippen LogP contribution in [-0.4, -0.2) is 5.11 Å². The molecule has 1 aromatic rings. The fourth-order valence-corrected chi connectivity index (χ4v) is 2.61. The van der Waals surface area contributed by atoms with E-state index in [2.05, 4.69) is 6.92 Å². The molecule has 0 heterocycles. The molecular formula is C14H19FO. The number of benzene rings is 1. The van der Waals surface area contributed by atoms with Gasteiger partial charge in [0.25, 0.3) is 0 Å². The van der Waals surface area contributed by atoms with E-state index in [4.69, 9.17) is 0 Å². The Morgan fingerprint density at radius 2 is 1.81 bits per heavy atom. The van der Waals surface area contributed by atoms with Crippen molar-refractivity contribution in [2.45, 2.75) is 44.6 Å². The van der Waals surface area contributed by atoms with Crippen LogP contribution in [0.2, 0.25) is 0 Å². The molecule has 16 heavy (non-hydrogen) atoms.